The van der Waals surface area contributed by atoms with Gasteiger partial charge < -0.3 is 9.97 Å². The van der Waals surface area contributed by atoms with Gasteiger partial charge in [-0.15, -0.1) is 25.3 Å². The summed E-state index contributed by atoms with van der Waals surface area (Å²) in [6, 6.07) is 42.5. The van der Waals surface area contributed by atoms with E-state index in [1.807, 2.05) is 24.3 Å². The first-order valence-corrected chi connectivity index (χ1v) is 18.2. The highest BCUT2D eigenvalue weighted by Crippen LogP contribution is 2.38. The van der Waals surface area contributed by atoms with Crippen LogP contribution in [0.5, 0.6) is 0 Å². The summed E-state index contributed by atoms with van der Waals surface area (Å²) in [7, 11) is 0. The van der Waals surface area contributed by atoms with E-state index in [9.17, 15) is 0 Å². The van der Waals surface area contributed by atoms with Crippen LogP contribution in [0.1, 0.15) is 33.9 Å². The first-order valence-electron chi connectivity index (χ1n) is 17.3. The van der Waals surface area contributed by atoms with E-state index in [0.29, 0.717) is 0 Å². The van der Waals surface area contributed by atoms with Gasteiger partial charge in [-0.3, -0.25) is 0 Å². The zero-order valence-electron chi connectivity index (χ0n) is 28.6. The van der Waals surface area contributed by atoms with E-state index in [4.69, 9.17) is 9.97 Å². The lowest BCUT2D eigenvalue weighted by Crippen LogP contribution is -1.90. The zero-order chi connectivity index (χ0) is 35.3. The summed E-state index contributed by atoms with van der Waals surface area (Å²) >= 11 is 9.18. The maximum atomic E-state index is 5.39. The number of benzene rings is 4. The monoisotopic (exact) mass is 706 g/mol. The molecular formula is C46H34N4S2. The van der Waals surface area contributed by atoms with Crippen LogP contribution in [0.4, 0.5) is 0 Å². The van der Waals surface area contributed by atoms with E-state index in [0.717, 1.165) is 99.1 Å². The standard InChI is InChI=1S/C46H34N4S2/c1-27-3-7-29(8-4-27)43-35-19-23-39(47-35)45(31-11-15-33(51)16-12-31)41-25-21-37(49-41)44(30-9-5-28(2)6-10-30)38-22-26-42(50-38)46(40-24-20-36(43)48-40)32-13-17-34(52)18-14-32/h3-26,47,50-52H,1-2H3. The van der Waals surface area contributed by atoms with Crippen molar-refractivity contribution in [3.05, 3.63) is 155 Å². The Morgan fingerprint density at radius 1 is 0.346 bits per heavy atom. The predicted octanol–water partition coefficient (Wildman–Crippen LogP) is 12.5. The highest BCUT2D eigenvalue weighted by atomic mass is 32.1. The molecule has 0 amide bonds. The summed E-state index contributed by atoms with van der Waals surface area (Å²) in [5.74, 6) is 0. The van der Waals surface area contributed by atoms with Crippen LogP contribution in [0.15, 0.2) is 131 Å². The van der Waals surface area contributed by atoms with Gasteiger partial charge in [0.25, 0.3) is 0 Å². The number of thiol groups is 2. The second kappa shape index (κ2) is 13.1. The van der Waals surface area contributed by atoms with Crippen LogP contribution in [-0.4, -0.2) is 19.9 Å². The number of nitrogens with one attached hydrogen (secondary N) is 2. The molecule has 0 fully saturated rings. The van der Waals surface area contributed by atoms with Gasteiger partial charge in [0, 0.05) is 54.1 Å². The SMILES string of the molecule is Cc1ccc(-c2c3nc(c(-c4ccc(S)cc4)c4ccc([nH]4)c(-c4ccc(C)cc4)c4nc(c(-c5ccc(S)cc5)c5ccc2[nH]5)C=C4)C=C3)cc1. The average molecular weight is 707 g/mol. The number of rotatable bonds is 4. The molecule has 5 heterocycles. The third-order valence-corrected chi connectivity index (χ3v) is 10.3. The Balaban J connectivity index is 1.47. The number of H-pyrrole nitrogens is 2. The zero-order valence-corrected chi connectivity index (χ0v) is 30.4. The Morgan fingerprint density at radius 3 is 0.865 bits per heavy atom. The maximum absolute atomic E-state index is 5.39. The second-order valence-electron chi connectivity index (χ2n) is 13.3. The smallest absolute Gasteiger partial charge is 0.0737 e. The molecule has 2 N–H and O–H groups in total. The van der Waals surface area contributed by atoms with Crippen molar-refractivity contribution in [1.29, 1.82) is 0 Å². The molecule has 0 saturated carbocycles. The van der Waals surface area contributed by atoms with Crippen molar-refractivity contribution in [2.45, 2.75) is 23.6 Å². The topological polar surface area (TPSA) is 57.4 Å². The number of aromatic amines is 2. The molecule has 0 radical (unpaired) electrons. The van der Waals surface area contributed by atoms with Gasteiger partial charge in [-0.1, -0.05) is 83.9 Å². The van der Waals surface area contributed by atoms with Gasteiger partial charge in [0.2, 0.25) is 0 Å². The number of hydrogen-bond acceptors (Lipinski definition) is 4. The van der Waals surface area contributed by atoms with E-state index in [1.54, 1.807) is 0 Å². The minimum atomic E-state index is 0.878. The van der Waals surface area contributed by atoms with Crippen molar-refractivity contribution in [3.63, 3.8) is 0 Å². The van der Waals surface area contributed by atoms with Crippen LogP contribution in [0, 0.1) is 13.8 Å². The van der Waals surface area contributed by atoms with Crippen molar-refractivity contribution in [1.82, 2.24) is 19.9 Å². The summed E-state index contributed by atoms with van der Waals surface area (Å²) in [5.41, 5.74) is 18.1. The largest absolute Gasteiger partial charge is 0.354 e. The Bertz CT molecular complexity index is 2360. The van der Waals surface area contributed by atoms with E-state index in [-0.39, 0.29) is 0 Å². The number of hydrogen-bond donors (Lipinski definition) is 4. The number of aromatic nitrogens is 4. The molecule has 52 heavy (non-hydrogen) atoms. The molecule has 0 saturated heterocycles. The lowest BCUT2D eigenvalue weighted by atomic mass is 10.0. The van der Waals surface area contributed by atoms with Crippen LogP contribution >= 0.6 is 25.3 Å². The van der Waals surface area contributed by atoms with Crippen molar-refractivity contribution < 1.29 is 0 Å². The van der Waals surface area contributed by atoms with Gasteiger partial charge in [0.05, 0.1) is 22.8 Å². The number of nitrogens with zero attached hydrogens (tertiary/aromatic N) is 2. The summed E-state index contributed by atoms with van der Waals surface area (Å²) in [6.07, 6.45) is 8.51. The van der Waals surface area contributed by atoms with Crippen LogP contribution in [0.25, 0.3) is 90.9 Å². The van der Waals surface area contributed by atoms with Crippen molar-refractivity contribution in [3.8, 4) is 44.5 Å². The molecule has 0 atom stereocenters. The summed E-state index contributed by atoms with van der Waals surface area (Å²) < 4.78 is 0. The Morgan fingerprint density at radius 2 is 0.596 bits per heavy atom. The Labute approximate surface area is 313 Å². The normalized spacial score (nSPS) is 12.1. The highest BCUT2D eigenvalue weighted by Gasteiger charge is 2.19. The van der Waals surface area contributed by atoms with Gasteiger partial charge in [0.1, 0.15) is 0 Å². The predicted molar refractivity (Wildman–Crippen MR) is 225 cm³/mol. The summed E-state index contributed by atoms with van der Waals surface area (Å²) in [6.45, 7) is 4.22. The molecule has 4 aromatic carbocycles. The summed E-state index contributed by atoms with van der Waals surface area (Å²) in [4.78, 5) is 20.2. The summed E-state index contributed by atoms with van der Waals surface area (Å²) in [5, 5.41) is 0. The third kappa shape index (κ3) is 5.90. The highest BCUT2D eigenvalue weighted by molar-refractivity contribution is 7.80. The molecule has 2 aliphatic rings. The van der Waals surface area contributed by atoms with Gasteiger partial charge >= 0.3 is 0 Å². The van der Waals surface area contributed by atoms with Gasteiger partial charge in [-0.25, -0.2) is 9.97 Å². The molecule has 6 heteroatoms. The molecule has 0 spiro atoms. The maximum Gasteiger partial charge on any atom is 0.0737 e. The molecule has 3 aromatic heterocycles. The number of fused-ring (bicyclic) bond motifs is 8. The van der Waals surface area contributed by atoms with Crippen molar-refractivity contribution in [2.24, 2.45) is 0 Å². The molecule has 8 bridgehead atoms. The van der Waals surface area contributed by atoms with Crippen LogP contribution in [0.3, 0.4) is 0 Å². The first-order chi connectivity index (χ1) is 25.4. The fourth-order valence-corrected chi connectivity index (χ4v) is 7.42. The van der Waals surface area contributed by atoms with Gasteiger partial charge in [-0.05, 0) is 109 Å². The lowest BCUT2D eigenvalue weighted by molar-refractivity contribution is 1.31. The molecule has 250 valence electrons. The molecule has 0 unspecified atom stereocenters. The average Bonchev–Trinajstić information content (AvgIpc) is 3.99. The van der Waals surface area contributed by atoms with Crippen LogP contribution < -0.4 is 0 Å². The van der Waals surface area contributed by atoms with Gasteiger partial charge in [0.15, 0.2) is 0 Å². The van der Waals surface area contributed by atoms with Gasteiger partial charge in [-0.2, -0.15) is 0 Å². The Kier molecular flexibility index (Phi) is 8.06. The molecule has 2 aliphatic heterocycles. The molecule has 7 aromatic rings. The minimum absolute atomic E-state index is 0.878. The molecule has 4 nitrogen and oxygen atoms in total. The fourth-order valence-electron chi connectivity index (χ4n) is 7.12. The third-order valence-electron chi connectivity index (χ3n) is 9.75. The lowest BCUT2D eigenvalue weighted by Gasteiger charge is -2.07. The van der Waals surface area contributed by atoms with Crippen LogP contribution in [0.2, 0.25) is 0 Å². The quantitative estimate of drug-likeness (QED) is 0.138. The second-order valence-corrected chi connectivity index (χ2v) is 14.4. The van der Waals surface area contributed by atoms with E-state index < -0.39 is 0 Å². The fraction of sp³-hybridized carbons (Fsp3) is 0.0435. The van der Waals surface area contributed by atoms with E-state index >= 15 is 0 Å². The number of aryl methyl sites for hydroxylation is 2. The minimum Gasteiger partial charge on any atom is -0.354 e. The Hall–Kier alpha value is -5.82. The van der Waals surface area contributed by atoms with Crippen molar-refractivity contribution >= 4 is 71.6 Å². The van der Waals surface area contributed by atoms with E-state index in [1.165, 1.54) is 11.1 Å². The molecule has 9 rings (SSSR count). The van der Waals surface area contributed by atoms with Crippen molar-refractivity contribution in [2.75, 3.05) is 0 Å². The van der Waals surface area contributed by atoms with E-state index in [2.05, 4.69) is 170 Å². The van der Waals surface area contributed by atoms with Crippen LogP contribution in [-0.2, 0) is 0 Å². The first kappa shape index (κ1) is 32.1. The molecule has 0 aliphatic carbocycles. The molecular weight excluding hydrogens is 673 g/mol.